The van der Waals surface area contributed by atoms with Gasteiger partial charge in [-0.05, 0) is 29.7 Å². The van der Waals surface area contributed by atoms with Crippen molar-refractivity contribution in [2.24, 2.45) is 5.10 Å². The summed E-state index contributed by atoms with van der Waals surface area (Å²) in [6, 6.07) is 17.3. The van der Waals surface area contributed by atoms with Crippen molar-refractivity contribution < 1.29 is 9.21 Å². The third kappa shape index (κ3) is 3.25. The average molecular weight is 359 g/mol. The van der Waals surface area contributed by atoms with Crippen LogP contribution in [0.4, 0.5) is 0 Å². The highest BCUT2D eigenvalue weighted by molar-refractivity contribution is 5.97. The van der Waals surface area contributed by atoms with Crippen LogP contribution >= 0.6 is 0 Å². The number of hydrogen-bond acceptors (Lipinski definition) is 5. The fourth-order valence-electron chi connectivity index (χ4n) is 2.70. The fraction of sp³-hybridized carbons (Fsp3) is 0. The highest BCUT2D eigenvalue weighted by Crippen LogP contribution is 2.12. The zero-order valence-electron chi connectivity index (χ0n) is 13.9. The van der Waals surface area contributed by atoms with Crippen molar-refractivity contribution in [2.75, 3.05) is 0 Å². The van der Waals surface area contributed by atoms with E-state index in [4.69, 9.17) is 4.42 Å². The van der Waals surface area contributed by atoms with Crippen LogP contribution in [0, 0.1) is 0 Å². The number of aromatic nitrogens is 1. The van der Waals surface area contributed by atoms with Crippen molar-refractivity contribution in [3.8, 4) is 0 Å². The summed E-state index contributed by atoms with van der Waals surface area (Å²) in [6.45, 7) is 0. The highest BCUT2D eigenvalue weighted by atomic mass is 16.4. The van der Waals surface area contributed by atoms with Gasteiger partial charge in [0.1, 0.15) is 11.1 Å². The first-order chi connectivity index (χ1) is 13.1. The van der Waals surface area contributed by atoms with Crippen molar-refractivity contribution >= 4 is 34.0 Å². The van der Waals surface area contributed by atoms with E-state index in [1.165, 1.54) is 12.3 Å². The van der Waals surface area contributed by atoms with Crippen molar-refractivity contribution in [2.45, 2.75) is 0 Å². The first-order valence-electron chi connectivity index (χ1n) is 8.10. The monoisotopic (exact) mass is 359 g/mol. The van der Waals surface area contributed by atoms with Gasteiger partial charge in [-0.3, -0.25) is 9.59 Å². The summed E-state index contributed by atoms with van der Waals surface area (Å²) in [5.74, 6) is -0.719. The molecule has 7 nitrogen and oxygen atoms in total. The van der Waals surface area contributed by atoms with Gasteiger partial charge in [-0.15, -0.1) is 0 Å². The number of pyridine rings is 1. The molecule has 2 aromatic carbocycles. The molecule has 4 aromatic rings. The molecule has 0 fully saturated rings. The molecule has 132 valence electrons. The van der Waals surface area contributed by atoms with Crippen LogP contribution in [0.2, 0.25) is 0 Å². The van der Waals surface area contributed by atoms with E-state index in [2.05, 4.69) is 15.5 Å². The molecular weight excluding hydrogens is 346 g/mol. The fourth-order valence-corrected chi connectivity index (χ4v) is 2.70. The molecule has 27 heavy (non-hydrogen) atoms. The standard InChI is InChI=1S/C20H13N3O4/c24-18-14(9-12-5-1-3-7-16(12)22-18)11-21-23-19(25)15-10-13-6-2-4-8-17(13)27-20(15)26/h1-11H,(H,22,24)(H,23,25)/b21-11+. The second-order valence-corrected chi connectivity index (χ2v) is 5.83. The molecule has 0 radical (unpaired) electrons. The molecule has 0 saturated heterocycles. The van der Waals surface area contributed by atoms with E-state index in [-0.39, 0.29) is 16.7 Å². The molecule has 0 unspecified atom stereocenters. The van der Waals surface area contributed by atoms with Gasteiger partial charge in [0, 0.05) is 10.9 Å². The van der Waals surface area contributed by atoms with Gasteiger partial charge in [-0.25, -0.2) is 10.2 Å². The zero-order chi connectivity index (χ0) is 18.8. The van der Waals surface area contributed by atoms with Gasteiger partial charge in [0.2, 0.25) is 0 Å². The Hall–Kier alpha value is -4.00. The molecule has 0 aliphatic carbocycles. The maximum absolute atomic E-state index is 12.2. The molecule has 4 rings (SSSR count). The Labute approximate surface area is 152 Å². The molecule has 7 heteroatoms. The number of H-pyrrole nitrogens is 1. The lowest BCUT2D eigenvalue weighted by Gasteiger charge is -2.01. The Morgan fingerprint density at radius 2 is 1.74 bits per heavy atom. The highest BCUT2D eigenvalue weighted by Gasteiger charge is 2.13. The molecule has 2 heterocycles. The summed E-state index contributed by atoms with van der Waals surface area (Å²) in [4.78, 5) is 39.0. The SMILES string of the molecule is O=C(N/N=C/c1cc2ccccc2[nH]c1=O)c1cc2ccccc2oc1=O. The lowest BCUT2D eigenvalue weighted by molar-refractivity contribution is 0.0951. The lowest BCUT2D eigenvalue weighted by atomic mass is 10.2. The molecule has 1 amide bonds. The van der Waals surface area contributed by atoms with Gasteiger partial charge >= 0.3 is 5.63 Å². The van der Waals surface area contributed by atoms with Crippen LogP contribution in [0.5, 0.6) is 0 Å². The molecule has 0 atom stereocenters. The summed E-state index contributed by atoms with van der Waals surface area (Å²) >= 11 is 0. The topological polar surface area (TPSA) is 105 Å². The summed E-state index contributed by atoms with van der Waals surface area (Å²) in [5.41, 5.74) is 2.36. The minimum atomic E-state index is -0.759. The van der Waals surface area contributed by atoms with Crippen LogP contribution < -0.4 is 16.6 Å². The zero-order valence-corrected chi connectivity index (χ0v) is 13.9. The Bertz CT molecular complexity index is 1320. The molecule has 0 spiro atoms. The van der Waals surface area contributed by atoms with Gasteiger partial charge in [0.15, 0.2) is 0 Å². The van der Waals surface area contributed by atoms with Crippen molar-refractivity contribution in [3.05, 3.63) is 92.6 Å². The van der Waals surface area contributed by atoms with Crippen molar-refractivity contribution in [3.63, 3.8) is 0 Å². The number of para-hydroxylation sites is 2. The number of fused-ring (bicyclic) bond motifs is 2. The summed E-state index contributed by atoms with van der Waals surface area (Å²) < 4.78 is 5.12. The van der Waals surface area contributed by atoms with E-state index in [0.29, 0.717) is 16.5 Å². The van der Waals surface area contributed by atoms with Crippen LogP contribution in [0.3, 0.4) is 0 Å². The molecule has 0 aliphatic rings. The van der Waals surface area contributed by atoms with E-state index in [0.717, 1.165) is 5.39 Å². The third-order valence-corrected chi connectivity index (χ3v) is 4.04. The van der Waals surface area contributed by atoms with Crippen LogP contribution in [0.1, 0.15) is 15.9 Å². The van der Waals surface area contributed by atoms with E-state index in [9.17, 15) is 14.4 Å². The van der Waals surface area contributed by atoms with Gasteiger partial charge < -0.3 is 9.40 Å². The van der Waals surface area contributed by atoms with Crippen LogP contribution in [-0.4, -0.2) is 17.1 Å². The predicted molar refractivity (Wildman–Crippen MR) is 102 cm³/mol. The van der Waals surface area contributed by atoms with Crippen LogP contribution in [0.25, 0.3) is 21.9 Å². The number of hydrogen-bond donors (Lipinski definition) is 2. The average Bonchev–Trinajstić information content (AvgIpc) is 2.67. The van der Waals surface area contributed by atoms with Crippen LogP contribution in [-0.2, 0) is 0 Å². The van der Waals surface area contributed by atoms with E-state index < -0.39 is 11.5 Å². The van der Waals surface area contributed by atoms with Crippen LogP contribution in [0.15, 0.2) is 79.8 Å². The second-order valence-electron chi connectivity index (χ2n) is 5.83. The summed E-state index contributed by atoms with van der Waals surface area (Å²) in [7, 11) is 0. The number of carbonyl (C=O) groups is 1. The molecule has 2 aromatic heterocycles. The first kappa shape index (κ1) is 16.5. The van der Waals surface area contributed by atoms with Crippen molar-refractivity contribution in [1.82, 2.24) is 10.4 Å². The maximum Gasteiger partial charge on any atom is 0.349 e. The molecule has 2 N–H and O–H groups in total. The van der Waals surface area contributed by atoms with Gasteiger partial charge in [0.25, 0.3) is 11.5 Å². The van der Waals surface area contributed by atoms with Gasteiger partial charge in [-0.2, -0.15) is 5.10 Å². The third-order valence-electron chi connectivity index (χ3n) is 4.04. The number of benzene rings is 2. The Kier molecular flexibility index (Phi) is 4.10. The van der Waals surface area contributed by atoms with Gasteiger partial charge in [0.05, 0.1) is 11.8 Å². The number of aromatic amines is 1. The van der Waals surface area contributed by atoms with E-state index >= 15 is 0 Å². The molecule has 0 bridgehead atoms. The minimum absolute atomic E-state index is 0.168. The Morgan fingerprint density at radius 3 is 2.59 bits per heavy atom. The number of carbonyl (C=O) groups excluding carboxylic acids is 1. The number of nitrogens with zero attached hydrogens (tertiary/aromatic N) is 1. The number of hydrazone groups is 1. The first-order valence-corrected chi connectivity index (χ1v) is 8.10. The Morgan fingerprint density at radius 1 is 1.00 bits per heavy atom. The van der Waals surface area contributed by atoms with E-state index in [1.54, 1.807) is 36.4 Å². The number of amides is 1. The lowest BCUT2D eigenvalue weighted by Crippen LogP contribution is -2.24. The van der Waals surface area contributed by atoms with E-state index in [1.807, 2.05) is 18.2 Å². The predicted octanol–water partition coefficient (Wildman–Crippen LogP) is 2.40. The van der Waals surface area contributed by atoms with Crippen molar-refractivity contribution in [1.29, 1.82) is 0 Å². The quantitative estimate of drug-likeness (QED) is 0.333. The largest absolute Gasteiger partial charge is 0.422 e. The smallest absolute Gasteiger partial charge is 0.349 e. The second kappa shape index (κ2) is 6.72. The number of rotatable bonds is 3. The Balaban J connectivity index is 1.59. The maximum atomic E-state index is 12.2. The van der Waals surface area contributed by atoms with Gasteiger partial charge in [-0.1, -0.05) is 36.4 Å². The summed E-state index contributed by atoms with van der Waals surface area (Å²) in [5, 5.41) is 5.24. The molecule has 0 aliphatic heterocycles. The normalized spacial score (nSPS) is 11.3. The molecular formula is C20H13N3O4. The summed E-state index contributed by atoms with van der Waals surface area (Å²) in [6.07, 6.45) is 1.23. The minimum Gasteiger partial charge on any atom is -0.422 e. The molecule has 0 saturated carbocycles. The number of nitrogens with one attached hydrogen (secondary N) is 2.